The second-order valence-electron chi connectivity index (χ2n) is 8.97. The lowest BCUT2D eigenvalue weighted by Crippen LogP contribution is -2.26. The summed E-state index contributed by atoms with van der Waals surface area (Å²) < 4.78 is 91.3. The summed E-state index contributed by atoms with van der Waals surface area (Å²) in [7, 11) is -1.41. The van der Waals surface area contributed by atoms with Gasteiger partial charge in [0.1, 0.15) is 0 Å². The number of hydrogen-bond donors (Lipinski definition) is 2. The Kier molecular flexibility index (Phi) is 9.12. The Labute approximate surface area is 228 Å². The summed E-state index contributed by atoms with van der Waals surface area (Å²) in [6.07, 6.45) is -4.63. The van der Waals surface area contributed by atoms with Crippen molar-refractivity contribution < 1.29 is 54.6 Å². The van der Waals surface area contributed by atoms with Crippen LogP contribution in [-0.2, 0) is 33.0 Å². The predicted molar refractivity (Wildman–Crippen MR) is 129 cm³/mol. The van der Waals surface area contributed by atoms with Gasteiger partial charge >= 0.3 is 24.3 Å². The number of rotatable bonds is 3. The summed E-state index contributed by atoms with van der Waals surface area (Å²) in [6, 6.07) is 11.5. The molecular formula is C24H22F6N4O6S. The van der Waals surface area contributed by atoms with Gasteiger partial charge in [-0.05, 0) is 35.4 Å². The van der Waals surface area contributed by atoms with E-state index >= 15 is 0 Å². The van der Waals surface area contributed by atoms with Gasteiger partial charge in [-0.2, -0.15) is 31.4 Å². The van der Waals surface area contributed by atoms with Crippen molar-refractivity contribution in [3.8, 4) is 11.1 Å². The van der Waals surface area contributed by atoms with Gasteiger partial charge in [-0.25, -0.2) is 18.0 Å². The standard InChI is InChI=1S/C20H20N4O2S.2C2HF3O2/c1-23-10-15(9-22-23)14-5-6-19-17(8-14)18-12-24(13-20(18)27(19,25)26)11-16-4-2-3-7-21-16;2*3-2(4,5)1(6)7/h2-10,18,20H,11-13H2,1H3;2*(H,6,7). The van der Waals surface area contributed by atoms with Crippen LogP contribution in [0.2, 0.25) is 0 Å². The highest BCUT2D eigenvalue weighted by atomic mass is 32.2. The molecule has 1 aromatic carbocycles. The Morgan fingerprint density at radius 2 is 1.59 bits per heavy atom. The van der Waals surface area contributed by atoms with Crippen molar-refractivity contribution in [2.75, 3.05) is 13.1 Å². The van der Waals surface area contributed by atoms with Crippen LogP contribution < -0.4 is 0 Å². The topological polar surface area (TPSA) is 143 Å². The summed E-state index contributed by atoms with van der Waals surface area (Å²) in [5.74, 6) is -5.50. The number of pyridine rings is 1. The van der Waals surface area contributed by atoms with E-state index in [-0.39, 0.29) is 11.2 Å². The molecule has 0 aliphatic carbocycles. The van der Waals surface area contributed by atoms with Gasteiger partial charge in [-0.1, -0.05) is 12.1 Å². The molecule has 5 rings (SSSR count). The fraction of sp³-hybridized carbons (Fsp3) is 0.333. The van der Waals surface area contributed by atoms with Crippen LogP contribution in [0.4, 0.5) is 26.3 Å². The number of carbonyl (C=O) groups is 2. The molecule has 0 radical (unpaired) electrons. The zero-order valence-electron chi connectivity index (χ0n) is 21.0. The Morgan fingerprint density at radius 3 is 2.07 bits per heavy atom. The molecule has 2 aliphatic heterocycles. The number of fused-ring (bicyclic) bond motifs is 3. The highest BCUT2D eigenvalue weighted by Gasteiger charge is 2.50. The fourth-order valence-corrected chi connectivity index (χ4v) is 6.52. The fourth-order valence-electron chi connectivity index (χ4n) is 4.33. The number of sulfone groups is 1. The molecule has 10 nitrogen and oxygen atoms in total. The number of aryl methyl sites for hydroxylation is 1. The van der Waals surface area contributed by atoms with E-state index in [1.807, 2.05) is 49.8 Å². The van der Waals surface area contributed by atoms with Crippen LogP contribution in [0, 0.1) is 0 Å². The van der Waals surface area contributed by atoms with Crippen LogP contribution in [0.25, 0.3) is 11.1 Å². The molecule has 3 aromatic rings. The first-order valence-electron chi connectivity index (χ1n) is 11.5. The molecule has 0 amide bonds. The second-order valence-corrected chi connectivity index (χ2v) is 11.1. The first-order chi connectivity index (χ1) is 18.9. The lowest BCUT2D eigenvalue weighted by molar-refractivity contribution is -0.193. The van der Waals surface area contributed by atoms with Gasteiger partial charge in [-0.15, -0.1) is 0 Å². The molecular weight excluding hydrogens is 586 g/mol. The van der Waals surface area contributed by atoms with Crippen molar-refractivity contribution in [3.05, 3.63) is 66.2 Å². The number of benzene rings is 1. The molecule has 1 saturated heterocycles. The number of aliphatic carboxylic acids is 2. The largest absolute Gasteiger partial charge is 0.490 e. The molecule has 17 heteroatoms. The van der Waals surface area contributed by atoms with Gasteiger partial charge in [-0.3, -0.25) is 14.6 Å². The number of carboxylic acids is 2. The monoisotopic (exact) mass is 608 g/mol. The molecule has 2 unspecified atom stereocenters. The van der Waals surface area contributed by atoms with Crippen LogP contribution in [0.3, 0.4) is 0 Å². The Hall–Kier alpha value is -3.99. The molecule has 0 spiro atoms. The van der Waals surface area contributed by atoms with Crippen LogP contribution in [0.15, 0.2) is 59.9 Å². The van der Waals surface area contributed by atoms with Crippen LogP contribution in [0.5, 0.6) is 0 Å². The smallest absolute Gasteiger partial charge is 0.475 e. The molecule has 222 valence electrons. The van der Waals surface area contributed by atoms with Gasteiger partial charge in [0.05, 0.1) is 22.0 Å². The second kappa shape index (κ2) is 11.9. The van der Waals surface area contributed by atoms with Crippen LogP contribution in [-0.4, -0.2) is 80.9 Å². The Balaban J connectivity index is 0.000000276. The van der Waals surface area contributed by atoms with Crippen molar-refractivity contribution >= 4 is 21.8 Å². The molecule has 0 saturated carbocycles. The molecule has 41 heavy (non-hydrogen) atoms. The van der Waals surface area contributed by atoms with Crippen molar-refractivity contribution in [2.45, 2.75) is 35.0 Å². The highest BCUT2D eigenvalue weighted by molar-refractivity contribution is 7.92. The number of carboxylic acid groups (broad SMARTS) is 2. The average Bonchev–Trinajstić information content (AvgIpc) is 3.55. The van der Waals surface area contributed by atoms with E-state index in [9.17, 15) is 34.8 Å². The van der Waals surface area contributed by atoms with Crippen molar-refractivity contribution in [2.24, 2.45) is 7.05 Å². The molecule has 0 bridgehead atoms. The lowest BCUT2D eigenvalue weighted by Gasteiger charge is -2.17. The maximum atomic E-state index is 13.1. The number of hydrogen-bond acceptors (Lipinski definition) is 7. The summed E-state index contributed by atoms with van der Waals surface area (Å²) in [5.41, 5.74) is 3.94. The van der Waals surface area contributed by atoms with E-state index in [0.29, 0.717) is 18.0 Å². The predicted octanol–water partition coefficient (Wildman–Crippen LogP) is 3.50. The molecule has 2 aromatic heterocycles. The van der Waals surface area contributed by atoms with Crippen LogP contribution in [0.1, 0.15) is 17.2 Å². The minimum Gasteiger partial charge on any atom is -0.475 e. The van der Waals surface area contributed by atoms with Crippen molar-refractivity contribution in [1.29, 1.82) is 0 Å². The third kappa shape index (κ3) is 7.60. The van der Waals surface area contributed by atoms with Crippen molar-refractivity contribution in [3.63, 3.8) is 0 Å². The number of nitrogens with zero attached hydrogens (tertiary/aromatic N) is 4. The van der Waals surface area contributed by atoms with E-state index in [4.69, 9.17) is 19.8 Å². The molecule has 2 N–H and O–H groups in total. The lowest BCUT2D eigenvalue weighted by atomic mass is 9.95. The minimum absolute atomic E-state index is 0.0188. The van der Waals surface area contributed by atoms with Crippen LogP contribution >= 0.6 is 0 Å². The average molecular weight is 609 g/mol. The number of aromatic nitrogens is 3. The van der Waals surface area contributed by atoms with E-state index in [2.05, 4.69) is 15.0 Å². The summed E-state index contributed by atoms with van der Waals surface area (Å²) in [5, 5.41) is 18.1. The normalized spacial score (nSPS) is 19.2. The third-order valence-electron chi connectivity index (χ3n) is 6.09. The number of likely N-dealkylation sites (tertiary alicyclic amines) is 1. The maximum absolute atomic E-state index is 13.1. The zero-order chi connectivity index (χ0) is 30.8. The SMILES string of the molecule is Cn1cc(-c2ccc3c(c2)C2CN(Cc4ccccn4)CC2S3(=O)=O)cn1.O=C(O)C(F)(F)F.O=C(O)C(F)(F)F. The van der Waals surface area contributed by atoms with E-state index in [1.54, 1.807) is 16.9 Å². The van der Waals surface area contributed by atoms with E-state index in [0.717, 1.165) is 28.9 Å². The molecule has 1 fully saturated rings. The summed E-state index contributed by atoms with van der Waals surface area (Å²) >= 11 is 0. The Morgan fingerprint density at radius 1 is 0.976 bits per heavy atom. The third-order valence-corrected chi connectivity index (χ3v) is 8.35. The van der Waals surface area contributed by atoms with Gasteiger partial charge in [0.25, 0.3) is 0 Å². The molecule has 2 aliphatic rings. The van der Waals surface area contributed by atoms with E-state index < -0.39 is 34.1 Å². The van der Waals surface area contributed by atoms with E-state index in [1.165, 1.54) is 0 Å². The first kappa shape index (κ1) is 31.5. The number of halogens is 6. The quantitative estimate of drug-likeness (QED) is 0.427. The summed E-state index contributed by atoms with van der Waals surface area (Å²) in [6.45, 7) is 1.98. The Bertz CT molecular complexity index is 1480. The van der Waals surface area contributed by atoms with Gasteiger partial charge in [0, 0.05) is 50.6 Å². The van der Waals surface area contributed by atoms with Gasteiger partial charge in [0.2, 0.25) is 0 Å². The maximum Gasteiger partial charge on any atom is 0.490 e. The highest BCUT2D eigenvalue weighted by Crippen LogP contribution is 2.46. The van der Waals surface area contributed by atoms with Gasteiger partial charge < -0.3 is 10.2 Å². The summed E-state index contributed by atoms with van der Waals surface area (Å²) in [4.78, 5) is 24.9. The first-order valence-corrected chi connectivity index (χ1v) is 13.0. The number of alkyl halides is 6. The minimum atomic E-state index is -5.08. The van der Waals surface area contributed by atoms with Gasteiger partial charge in [0.15, 0.2) is 9.84 Å². The molecule has 2 atom stereocenters. The molecule has 4 heterocycles. The zero-order valence-corrected chi connectivity index (χ0v) is 21.8. The van der Waals surface area contributed by atoms with Crippen molar-refractivity contribution in [1.82, 2.24) is 19.7 Å².